The fraction of sp³-hybridized carbons (Fsp3) is 0.0800. The first-order valence-electron chi connectivity index (χ1n) is 10.2. The quantitative estimate of drug-likeness (QED) is 0.437. The van der Waals surface area contributed by atoms with Crippen LogP contribution in [-0.4, -0.2) is 16.2 Å². The number of rotatable bonds is 4. The summed E-state index contributed by atoms with van der Waals surface area (Å²) in [5, 5.41) is 7.03. The molecule has 1 atom stereocenters. The third-order valence-electron chi connectivity index (χ3n) is 5.47. The number of urea groups is 1. The van der Waals surface area contributed by atoms with Gasteiger partial charge in [0.25, 0.3) is 5.89 Å². The molecule has 1 aliphatic rings. The minimum atomic E-state index is -1.05. The number of halogens is 2. The molecule has 1 aliphatic heterocycles. The Kier molecular flexibility index (Phi) is 5.18. The number of hydrogen-bond donors (Lipinski definition) is 1. The minimum absolute atomic E-state index is 0.177. The molecule has 5 rings (SSSR count). The maximum atomic E-state index is 14.0. The number of allylic oxidation sites excluding steroid dienone is 1. The van der Waals surface area contributed by atoms with E-state index >= 15 is 0 Å². The first-order valence-corrected chi connectivity index (χ1v) is 10.2. The van der Waals surface area contributed by atoms with Crippen molar-refractivity contribution in [3.8, 4) is 11.4 Å². The van der Waals surface area contributed by atoms with Gasteiger partial charge in [0.15, 0.2) is 11.6 Å². The largest absolute Gasteiger partial charge is 0.334 e. The maximum Gasteiger partial charge on any atom is 0.327 e. The lowest BCUT2D eigenvalue weighted by atomic mass is 9.94. The summed E-state index contributed by atoms with van der Waals surface area (Å²) in [6.45, 7) is 1.71. The second kappa shape index (κ2) is 8.31. The van der Waals surface area contributed by atoms with Crippen molar-refractivity contribution < 1.29 is 18.1 Å². The van der Waals surface area contributed by atoms with Gasteiger partial charge in [-0.1, -0.05) is 65.8 Å². The van der Waals surface area contributed by atoms with E-state index in [1.807, 2.05) is 60.7 Å². The molecule has 0 bridgehead atoms. The lowest BCUT2D eigenvalue weighted by Crippen LogP contribution is -2.46. The maximum absolute atomic E-state index is 14.0. The molecule has 2 heterocycles. The molecule has 1 N–H and O–H groups in total. The normalized spacial score (nSPS) is 16.2. The van der Waals surface area contributed by atoms with Crippen molar-refractivity contribution in [3.63, 3.8) is 0 Å². The van der Waals surface area contributed by atoms with Crippen LogP contribution < -0.4 is 10.2 Å². The van der Waals surface area contributed by atoms with E-state index in [9.17, 15) is 13.6 Å². The van der Waals surface area contributed by atoms with Crippen LogP contribution >= 0.6 is 0 Å². The molecule has 1 unspecified atom stereocenters. The summed E-state index contributed by atoms with van der Waals surface area (Å²) in [7, 11) is 0. The molecule has 33 heavy (non-hydrogen) atoms. The molecule has 0 saturated carbocycles. The summed E-state index contributed by atoms with van der Waals surface area (Å²) in [6, 6.07) is 20.9. The first kappa shape index (κ1) is 20.6. The summed E-state index contributed by atoms with van der Waals surface area (Å²) < 4.78 is 33.1. The van der Waals surface area contributed by atoms with Gasteiger partial charge in [-0.15, -0.1) is 0 Å². The monoisotopic (exact) mass is 444 g/mol. The van der Waals surface area contributed by atoms with E-state index in [2.05, 4.69) is 15.5 Å². The van der Waals surface area contributed by atoms with Crippen molar-refractivity contribution in [2.24, 2.45) is 0 Å². The lowest BCUT2D eigenvalue weighted by Gasteiger charge is -2.35. The lowest BCUT2D eigenvalue weighted by molar-refractivity contribution is 0.244. The van der Waals surface area contributed by atoms with Crippen LogP contribution in [0.25, 0.3) is 17.0 Å². The zero-order valence-electron chi connectivity index (χ0n) is 17.5. The molecule has 8 heteroatoms. The summed E-state index contributed by atoms with van der Waals surface area (Å²) >= 11 is 0. The van der Waals surface area contributed by atoms with Gasteiger partial charge in [0.1, 0.15) is 0 Å². The first-order chi connectivity index (χ1) is 16.0. The zero-order valence-corrected chi connectivity index (χ0v) is 17.5. The van der Waals surface area contributed by atoms with E-state index in [0.717, 1.165) is 23.3 Å². The minimum Gasteiger partial charge on any atom is -0.334 e. The van der Waals surface area contributed by atoms with Crippen LogP contribution in [0.1, 0.15) is 24.4 Å². The predicted molar refractivity (Wildman–Crippen MR) is 119 cm³/mol. The number of nitrogens with zero attached hydrogens (tertiary/aromatic N) is 3. The van der Waals surface area contributed by atoms with Crippen molar-refractivity contribution in [3.05, 3.63) is 108 Å². The van der Waals surface area contributed by atoms with Gasteiger partial charge in [-0.2, -0.15) is 4.98 Å². The highest BCUT2D eigenvalue weighted by Gasteiger charge is 2.36. The van der Waals surface area contributed by atoms with Crippen LogP contribution in [0.2, 0.25) is 0 Å². The number of amides is 2. The Balaban J connectivity index is 1.66. The Bertz CT molecular complexity index is 1350. The van der Waals surface area contributed by atoms with Gasteiger partial charge in [-0.05, 0) is 24.6 Å². The molecule has 0 aliphatic carbocycles. The smallest absolute Gasteiger partial charge is 0.327 e. The van der Waals surface area contributed by atoms with E-state index in [-0.39, 0.29) is 11.6 Å². The molecule has 3 aromatic carbocycles. The second-order valence-corrected chi connectivity index (χ2v) is 7.52. The molecule has 164 valence electrons. The van der Waals surface area contributed by atoms with Crippen molar-refractivity contribution in [2.75, 3.05) is 4.90 Å². The zero-order chi connectivity index (χ0) is 22.9. The van der Waals surface area contributed by atoms with Crippen molar-refractivity contribution in [1.82, 2.24) is 15.5 Å². The molecule has 2 amide bonds. The van der Waals surface area contributed by atoms with Crippen LogP contribution in [0, 0.1) is 11.6 Å². The average Bonchev–Trinajstić information content (AvgIpc) is 3.32. The van der Waals surface area contributed by atoms with E-state index in [1.165, 1.54) is 11.0 Å². The molecular weight excluding hydrogens is 426 g/mol. The molecule has 0 spiro atoms. The Morgan fingerprint density at radius 1 is 0.939 bits per heavy atom. The molecule has 6 nitrogen and oxygen atoms in total. The fourth-order valence-corrected chi connectivity index (χ4v) is 3.89. The Labute approximate surface area is 188 Å². The van der Waals surface area contributed by atoms with Crippen molar-refractivity contribution >= 4 is 17.3 Å². The van der Waals surface area contributed by atoms with Crippen LogP contribution in [0.15, 0.2) is 89.1 Å². The number of hydrogen-bond acceptors (Lipinski definition) is 4. The standard InChI is InChI=1S/C25H18F2N4O2/c1-15-21(24-29-23(30-33-24)17-10-6-3-7-11-17)22(16-8-4-2-5-9-16)28-25(32)31(15)18-12-13-19(26)20(27)14-18/h2-14,22H,1H3,(H,28,32). The molecular formula is C25H18F2N4O2. The van der Waals surface area contributed by atoms with Crippen LogP contribution in [0.4, 0.5) is 19.3 Å². The highest BCUT2D eigenvalue weighted by Crippen LogP contribution is 2.39. The number of nitrogens with one attached hydrogen (secondary N) is 1. The van der Waals surface area contributed by atoms with E-state index in [1.54, 1.807) is 6.92 Å². The summed E-state index contributed by atoms with van der Waals surface area (Å²) in [5.41, 5.74) is 2.78. The number of carbonyl (C=O) groups is 1. The molecule has 0 saturated heterocycles. The molecule has 0 radical (unpaired) electrons. The Morgan fingerprint density at radius 2 is 1.64 bits per heavy atom. The fourth-order valence-electron chi connectivity index (χ4n) is 3.89. The number of benzene rings is 3. The SMILES string of the molecule is CC1=C(c2nc(-c3ccccc3)no2)C(c2ccccc2)NC(=O)N1c1ccc(F)c(F)c1. The predicted octanol–water partition coefficient (Wildman–Crippen LogP) is 5.72. The second-order valence-electron chi connectivity index (χ2n) is 7.52. The van der Waals surface area contributed by atoms with E-state index in [0.29, 0.717) is 17.1 Å². The third kappa shape index (κ3) is 3.76. The summed E-state index contributed by atoms with van der Waals surface area (Å²) in [5.74, 6) is -1.43. The van der Waals surface area contributed by atoms with Crippen molar-refractivity contribution in [1.29, 1.82) is 0 Å². The van der Waals surface area contributed by atoms with Gasteiger partial charge >= 0.3 is 6.03 Å². The topological polar surface area (TPSA) is 71.3 Å². The van der Waals surface area contributed by atoms with Gasteiger partial charge in [-0.25, -0.2) is 13.6 Å². The van der Waals surface area contributed by atoms with Crippen LogP contribution in [0.3, 0.4) is 0 Å². The Morgan fingerprint density at radius 3 is 2.33 bits per heavy atom. The van der Waals surface area contributed by atoms with Gasteiger partial charge in [-0.3, -0.25) is 4.90 Å². The highest BCUT2D eigenvalue weighted by molar-refractivity contribution is 6.01. The van der Waals surface area contributed by atoms with E-state index < -0.39 is 23.7 Å². The highest BCUT2D eigenvalue weighted by atomic mass is 19.2. The van der Waals surface area contributed by atoms with E-state index in [4.69, 9.17) is 4.52 Å². The van der Waals surface area contributed by atoms with Gasteiger partial charge in [0.05, 0.1) is 17.3 Å². The number of anilines is 1. The number of carbonyl (C=O) groups excluding carboxylic acids is 1. The summed E-state index contributed by atoms with van der Waals surface area (Å²) in [4.78, 5) is 18.9. The molecule has 1 aromatic heterocycles. The van der Waals surface area contributed by atoms with Gasteiger partial charge < -0.3 is 9.84 Å². The summed E-state index contributed by atoms with van der Waals surface area (Å²) in [6.07, 6.45) is 0. The Hall–Kier alpha value is -4.33. The van der Waals surface area contributed by atoms with Crippen molar-refractivity contribution in [2.45, 2.75) is 13.0 Å². The van der Waals surface area contributed by atoms with Gasteiger partial charge in [0, 0.05) is 17.3 Å². The average molecular weight is 444 g/mol. The van der Waals surface area contributed by atoms with Crippen LogP contribution in [0.5, 0.6) is 0 Å². The third-order valence-corrected chi connectivity index (χ3v) is 5.47. The van der Waals surface area contributed by atoms with Gasteiger partial charge in [0.2, 0.25) is 5.82 Å². The number of aromatic nitrogens is 2. The molecule has 4 aromatic rings. The molecule has 0 fully saturated rings. The van der Waals surface area contributed by atoms with Crippen LogP contribution in [-0.2, 0) is 0 Å².